The summed E-state index contributed by atoms with van der Waals surface area (Å²) in [4.78, 5) is 15.2. The highest BCUT2D eigenvalue weighted by molar-refractivity contribution is 7.22. The summed E-state index contributed by atoms with van der Waals surface area (Å²) in [7, 11) is 0. The average Bonchev–Trinajstić information content (AvgIpc) is 2.59. The normalized spacial score (nSPS) is 10.5. The van der Waals surface area contributed by atoms with Gasteiger partial charge in [-0.1, -0.05) is 22.9 Å². The van der Waals surface area contributed by atoms with Crippen LogP contribution in [0.5, 0.6) is 0 Å². The number of carbonyl (C=O) groups is 1. The minimum atomic E-state index is -0.262. The van der Waals surface area contributed by atoms with Crippen LogP contribution in [0.15, 0.2) is 18.2 Å². The fourth-order valence-corrected chi connectivity index (χ4v) is 2.20. The number of rotatable bonds is 2. The average molecular weight is 261 g/mol. The molecule has 1 aromatic carbocycles. The van der Waals surface area contributed by atoms with E-state index in [1.165, 1.54) is 11.3 Å². The van der Waals surface area contributed by atoms with Gasteiger partial charge in [0.25, 0.3) is 0 Å². The first kappa shape index (κ1) is 10.7. The molecule has 0 saturated carbocycles. The van der Waals surface area contributed by atoms with E-state index in [0.717, 1.165) is 10.2 Å². The molecule has 2 aromatic rings. The predicted molar refractivity (Wildman–Crippen MR) is 64.0 cm³/mol. The molecule has 3 nitrogen and oxygen atoms in total. The van der Waals surface area contributed by atoms with Crippen molar-refractivity contribution in [3.05, 3.63) is 23.2 Å². The number of hydrogen-bond acceptors (Lipinski definition) is 3. The fourth-order valence-electron chi connectivity index (χ4n) is 1.11. The number of fused-ring (bicyclic) bond motifs is 1. The SMILES string of the molecule is O=C(CCl)Nc1nc2cc(Cl)ccc2s1. The molecule has 0 radical (unpaired) electrons. The number of halogens is 2. The highest BCUT2D eigenvalue weighted by atomic mass is 35.5. The third kappa shape index (κ3) is 2.40. The van der Waals surface area contributed by atoms with Gasteiger partial charge in [-0.05, 0) is 18.2 Å². The van der Waals surface area contributed by atoms with Crippen LogP contribution in [0.4, 0.5) is 5.13 Å². The topological polar surface area (TPSA) is 42.0 Å². The molecule has 0 saturated heterocycles. The molecule has 2 rings (SSSR count). The molecule has 78 valence electrons. The van der Waals surface area contributed by atoms with Gasteiger partial charge < -0.3 is 5.32 Å². The number of thiazole rings is 1. The fraction of sp³-hybridized carbons (Fsp3) is 0.111. The van der Waals surface area contributed by atoms with Crippen LogP contribution in [-0.4, -0.2) is 16.8 Å². The van der Waals surface area contributed by atoms with Crippen LogP contribution in [0.1, 0.15) is 0 Å². The Morgan fingerprint density at radius 2 is 2.33 bits per heavy atom. The Hall–Kier alpha value is -0.840. The summed E-state index contributed by atoms with van der Waals surface area (Å²) in [5.74, 6) is -0.335. The van der Waals surface area contributed by atoms with Crippen LogP contribution in [0.3, 0.4) is 0 Å². The Kier molecular flexibility index (Phi) is 3.09. The largest absolute Gasteiger partial charge is 0.301 e. The molecule has 0 bridgehead atoms. The van der Waals surface area contributed by atoms with Crippen molar-refractivity contribution in [1.82, 2.24) is 4.98 Å². The number of amides is 1. The third-order valence-electron chi connectivity index (χ3n) is 1.72. The van der Waals surface area contributed by atoms with E-state index in [4.69, 9.17) is 23.2 Å². The number of aromatic nitrogens is 1. The van der Waals surface area contributed by atoms with Crippen molar-refractivity contribution in [2.75, 3.05) is 11.2 Å². The highest BCUT2D eigenvalue weighted by Crippen LogP contribution is 2.27. The maximum atomic E-state index is 11.0. The van der Waals surface area contributed by atoms with Gasteiger partial charge in [-0.3, -0.25) is 4.79 Å². The molecule has 0 spiro atoms. The Bertz CT molecular complexity index is 512. The molecule has 0 atom stereocenters. The number of carbonyl (C=O) groups excluding carboxylic acids is 1. The van der Waals surface area contributed by atoms with Crippen molar-refractivity contribution < 1.29 is 4.79 Å². The van der Waals surface area contributed by atoms with Crippen LogP contribution >= 0.6 is 34.5 Å². The number of hydrogen-bond donors (Lipinski definition) is 1. The van der Waals surface area contributed by atoms with Gasteiger partial charge in [-0.15, -0.1) is 11.6 Å². The quantitative estimate of drug-likeness (QED) is 0.844. The van der Waals surface area contributed by atoms with Crippen LogP contribution < -0.4 is 5.32 Å². The standard InChI is InChI=1S/C9H6Cl2N2OS/c10-4-8(14)13-9-12-6-3-5(11)1-2-7(6)15-9/h1-3H,4H2,(H,12,13,14). The maximum Gasteiger partial charge on any atom is 0.241 e. The second kappa shape index (κ2) is 4.35. The zero-order valence-electron chi connectivity index (χ0n) is 7.46. The second-order valence-electron chi connectivity index (χ2n) is 2.81. The van der Waals surface area contributed by atoms with Gasteiger partial charge in [-0.2, -0.15) is 0 Å². The van der Waals surface area contributed by atoms with E-state index >= 15 is 0 Å². The predicted octanol–water partition coefficient (Wildman–Crippen LogP) is 3.13. The maximum absolute atomic E-state index is 11.0. The molecular weight excluding hydrogens is 255 g/mol. The first-order valence-electron chi connectivity index (χ1n) is 4.11. The zero-order chi connectivity index (χ0) is 10.8. The molecule has 0 aliphatic rings. The van der Waals surface area contributed by atoms with Crippen molar-refractivity contribution in [1.29, 1.82) is 0 Å². The van der Waals surface area contributed by atoms with Crippen LogP contribution in [-0.2, 0) is 4.79 Å². The van der Waals surface area contributed by atoms with Crippen molar-refractivity contribution in [3.8, 4) is 0 Å². The Morgan fingerprint density at radius 1 is 1.53 bits per heavy atom. The van der Waals surface area contributed by atoms with Crippen molar-refractivity contribution >= 4 is 55.8 Å². The molecular formula is C9H6Cl2N2OS. The van der Waals surface area contributed by atoms with Crippen molar-refractivity contribution in [2.45, 2.75) is 0 Å². The van der Waals surface area contributed by atoms with Crippen molar-refractivity contribution in [2.24, 2.45) is 0 Å². The molecule has 0 aliphatic carbocycles. The summed E-state index contributed by atoms with van der Waals surface area (Å²) >= 11 is 12.6. The van der Waals surface area contributed by atoms with E-state index in [9.17, 15) is 4.79 Å². The smallest absolute Gasteiger partial charge is 0.241 e. The molecule has 0 aliphatic heterocycles. The first-order valence-corrected chi connectivity index (χ1v) is 5.84. The number of benzene rings is 1. The van der Waals surface area contributed by atoms with Gasteiger partial charge in [0.1, 0.15) is 5.88 Å². The summed E-state index contributed by atoms with van der Waals surface area (Å²) in [6, 6.07) is 5.41. The minimum absolute atomic E-state index is 0.0727. The molecule has 1 N–H and O–H groups in total. The molecule has 6 heteroatoms. The van der Waals surface area contributed by atoms with Gasteiger partial charge in [-0.25, -0.2) is 4.98 Å². The lowest BCUT2D eigenvalue weighted by molar-refractivity contribution is -0.113. The van der Waals surface area contributed by atoms with Crippen LogP contribution in [0, 0.1) is 0 Å². The van der Waals surface area contributed by atoms with Gasteiger partial charge in [0.05, 0.1) is 10.2 Å². The Balaban J connectivity index is 2.34. The van der Waals surface area contributed by atoms with E-state index in [2.05, 4.69) is 10.3 Å². The molecule has 0 unspecified atom stereocenters. The number of nitrogens with one attached hydrogen (secondary N) is 1. The summed E-state index contributed by atoms with van der Waals surface area (Å²) in [5.41, 5.74) is 0.775. The van der Waals surface area contributed by atoms with Crippen LogP contribution in [0.2, 0.25) is 5.02 Å². The summed E-state index contributed by atoms with van der Waals surface area (Å²) in [5, 5.41) is 3.76. The first-order chi connectivity index (χ1) is 7.19. The molecule has 15 heavy (non-hydrogen) atoms. The van der Waals surface area contributed by atoms with Gasteiger partial charge >= 0.3 is 0 Å². The molecule has 1 amide bonds. The lowest BCUT2D eigenvalue weighted by Crippen LogP contribution is -2.11. The lowest BCUT2D eigenvalue weighted by Gasteiger charge is -1.94. The number of alkyl halides is 1. The Morgan fingerprint density at radius 3 is 3.07 bits per heavy atom. The third-order valence-corrected chi connectivity index (χ3v) is 3.15. The zero-order valence-corrected chi connectivity index (χ0v) is 9.79. The van der Waals surface area contributed by atoms with E-state index < -0.39 is 0 Å². The van der Waals surface area contributed by atoms with E-state index in [1.807, 2.05) is 6.07 Å². The van der Waals surface area contributed by atoms with Gasteiger partial charge in [0, 0.05) is 5.02 Å². The van der Waals surface area contributed by atoms with Crippen molar-refractivity contribution in [3.63, 3.8) is 0 Å². The number of anilines is 1. The molecule has 0 fully saturated rings. The van der Waals surface area contributed by atoms with Gasteiger partial charge in [0.2, 0.25) is 5.91 Å². The highest BCUT2D eigenvalue weighted by Gasteiger charge is 2.06. The van der Waals surface area contributed by atoms with E-state index in [1.54, 1.807) is 12.1 Å². The minimum Gasteiger partial charge on any atom is -0.301 e. The lowest BCUT2D eigenvalue weighted by atomic mass is 10.3. The molecule has 1 aromatic heterocycles. The van der Waals surface area contributed by atoms with E-state index in [-0.39, 0.29) is 11.8 Å². The second-order valence-corrected chi connectivity index (χ2v) is 4.55. The Labute approximate surface area is 100 Å². The van der Waals surface area contributed by atoms with Gasteiger partial charge in [0.15, 0.2) is 5.13 Å². The van der Waals surface area contributed by atoms with E-state index in [0.29, 0.717) is 10.2 Å². The monoisotopic (exact) mass is 260 g/mol. The summed E-state index contributed by atoms with van der Waals surface area (Å²) < 4.78 is 0.976. The molecule has 1 heterocycles. The summed E-state index contributed by atoms with van der Waals surface area (Å²) in [6.45, 7) is 0. The van der Waals surface area contributed by atoms with Crippen LogP contribution in [0.25, 0.3) is 10.2 Å². The number of nitrogens with zero attached hydrogens (tertiary/aromatic N) is 1. The summed E-state index contributed by atoms with van der Waals surface area (Å²) in [6.07, 6.45) is 0.